The fraction of sp³-hybridized carbons (Fsp3) is 0.400. The van der Waals surface area contributed by atoms with Gasteiger partial charge in [-0.05, 0) is 45.0 Å². The van der Waals surface area contributed by atoms with Crippen LogP contribution in [0.1, 0.15) is 35.4 Å². The van der Waals surface area contributed by atoms with E-state index in [2.05, 4.69) is 20.2 Å². The van der Waals surface area contributed by atoms with Crippen LogP contribution in [-0.4, -0.2) is 53.4 Å². The summed E-state index contributed by atoms with van der Waals surface area (Å²) in [5.41, 5.74) is 0.0667. The van der Waals surface area contributed by atoms with E-state index in [4.69, 9.17) is 9.56 Å². The van der Waals surface area contributed by atoms with E-state index in [-0.39, 0.29) is 38.7 Å². The van der Waals surface area contributed by atoms with Crippen molar-refractivity contribution < 1.29 is 17.6 Å². The van der Waals surface area contributed by atoms with E-state index in [0.717, 1.165) is 32.5 Å². The van der Waals surface area contributed by atoms with Crippen molar-refractivity contribution in [1.82, 2.24) is 19.4 Å². The fourth-order valence-electron chi connectivity index (χ4n) is 3.82. The van der Waals surface area contributed by atoms with Crippen LogP contribution in [0.25, 0.3) is 11.1 Å². The van der Waals surface area contributed by atoms with Gasteiger partial charge in [-0.25, -0.2) is 23.5 Å². The van der Waals surface area contributed by atoms with Crippen molar-refractivity contribution in [3.05, 3.63) is 46.3 Å². The number of nitrogens with two attached hydrogens (primary N) is 1. The Hall–Kier alpha value is -3.09. The molecule has 4 rings (SSSR count). The van der Waals surface area contributed by atoms with Gasteiger partial charge in [-0.15, -0.1) is 0 Å². The fourth-order valence-corrected chi connectivity index (χ4v) is 4.28. The normalized spacial score (nSPS) is 15.2. The predicted molar refractivity (Wildman–Crippen MR) is 117 cm³/mol. The maximum absolute atomic E-state index is 13.1. The highest BCUT2D eigenvalue weighted by molar-refractivity contribution is 7.89. The van der Waals surface area contributed by atoms with Crippen molar-refractivity contribution in [2.24, 2.45) is 5.14 Å². The largest absolute Gasteiger partial charge is 0.442 e. The Balaban J connectivity index is 1.59. The summed E-state index contributed by atoms with van der Waals surface area (Å²) < 4.78 is 29.7. The highest BCUT2D eigenvalue weighted by Gasteiger charge is 2.23. The highest BCUT2D eigenvalue weighted by atomic mass is 32.2. The molecule has 12 heteroatoms. The minimum atomic E-state index is -3.95. The van der Waals surface area contributed by atoms with Gasteiger partial charge in [-0.2, -0.15) is 0 Å². The molecule has 3 aromatic rings. The van der Waals surface area contributed by atoms with Crippen molar-refractivity contribution in [2.75, 3.05) is 25.0 Å². The number of furan rings is 1. The van der Waals surface area contributed by atoms with Gasteiger partial charge >= 0.3 is 0 Å². The zero-order chi connectivity index (χ0) is 22.9. The number of pyridine rings is 1. The maximum atomic E-state index is 13.1. The molecule has 1 aliphatic rings. The number of fused-ring (bicyclic) bond motifs is 1. The van der Waals surface area contributed by atoms with Crippen LogP contribution in [0.15, 0.2) is 38.9 Å². The number of carbonyl (C=O) groups is 1. The number of carbonyl (C=O) groups excluding carboxylic acids is 1. The van der Waals surface area contributed by atoms with E-state index in [1.807, 2.05) is 0 Å². The molecule has 0 bridgehead atoms. The van der Waals surface area contributed by atoms with Crippen LogP contribution in [0, 0.1) is 6.92 Å². The molecule has 32 heavy (non-hydrogen) atoms. The van der Waals surface area contributed by atoms with Crippen molar-refractivity contribution >= 4 is 32.7 Å². The third-order valence-electron chi connectivity index (χ3n) is 5.47. The van der Waals surface area contributed by atoms with E-state index < -0.39 is 15.9 Å². The lowest BCUT2D eigenvalue weighted by atomic mass is 10.1. The Bertz CT molecular complexity index is 1310. The second-order valence-electron chi connectivity index (χ2n) is 7.74. The number of piperidine rings is 1. The van der Waals surface area contributed by atoms with Crippen LogP contribution in [0.5, 0.6) is 0 Å². The van der Waals surface area contributed by atoms with E-state index in [0.29, 0.717) is 6.54 Å². The number of sulfonamides is 1. The standard InChI is InChI=1S/C20H24N6O5S/c1-13-16(18(27)24-14-5-6-15(22-11-14)32(21,29)30)17-19(31-13)23-12-26(20(17)28)10-9-25-7-3-2-4-8-25/h5-6,11-12H,2-4,7-10H2,1H3,(H,24,27)(H2,21,29,30). The second kappa shape index (κ2) is 8.81. The number of hydrogen-bond acceptors (Lipinski definition) is 8. The number of nitrogens with zero attached hydrogens (tertiary/aromatic N) is 4. The van der Waals surface area contributed by atoms with Crippen LogP contribution >= 0.6 is 0 Å². The first-order valence-corrected chi connectivity index (χ1v) is 11.8. The topological polar surface area (TPSA) is 153 Å². The number of aromatic nitrogens is 3. The van der Waals surface area contributed by atoms with Crippen LogP contribution in [0.4, 0.5) is 5.69 Å². The lowest BCUT2D eigenvalue weighted by Crippen LogP contribution is -2.34. The SMILES string of the molecule is Cc1oc2ncn(CCN3CCCCC3)c(=O)c2c1C(=O)Nc1ccc(S(N)(=O)=O)nc1. The quantitative estimate of drug-likeness (QED) is 0.554. The number of likely N-dealkylation sites (tertiary alicyclic amines) is 1. The van der Waals surface area contributed by atoms with Crippen LogP contribution < -0.4 is 16.0 Å². The molecule has 170 valence electrons. The summed E-state index contributed by atoms with van der Waals surface area (Å²) in [6.07, 6.45) is 6.16. The molecule has 4 heterocycles. The van der Waals surface area contributed by atoms with Gasteiger partial charge in [0.25, 0.3) is 21.5 Å². The molecule has 1 aliphatic heterocycles. The molecule has 0 atom stereocenters. The smallest absolute Gasteiger partial charge is 0.265 e. The lowest BCUT2D eigenvalue weighted by molar-refractivity contribution is 0.102. The van der Waals surface area contributed by atoms with Gasteiger partial charge in [-0.3, -0.25) is 14.2 Å². The number of nitrogens with one attached hydrogen (secondary N) is 1. The first kappa shape index (κ1) is 22.1. The average Bonchev–Trinajstić information content (AvgIpc) is 3.10. The molecule has 0 aromatic carbocycles. The summed E-state index contributed by atoms with van der Waals surface area (Å²) in [6.45, 7) is 4.80. The van der Waals surface area contributed by atoms with Gasteiger partial charge in [0.05, 0.1) is 17.4 Å². The summed E-state index contributed by atoms with van der Waals surface area (Å²) in [5.74, 6) is -0.330. The zero-order valence-electron chi connectivity index (χ0n) is 17.6. The number of aryl methyl sites for hydroxylation is 1. The molecule has 0 aliphatic carbocycles. The average molecular weight is 461 g/mol. The molecule has 11 nitrogen and oxygen atoms in total. The lowest BCUT2D eigenvalue weighted by Gasteiger charge is -2.26. The van der Waals surface area contributed by atoms with Crippen LogP contribution in [0.3, 0.4) is 0 Å². The first-order valence-electron chi connectivity index (χ1n) is 10.2. The molecule has 0 radical (unpaired) electrons. The molecule has 0 spiro atoms. The second-order valence-corrected chi connectivity index (χ2v) is 9.25. The Morgan fingerprint density at radius 1 is 1.19 bits per heavy atom. The molecular weight excluding hydrogens is 436 g/mol. The summed E-state index contributed by atoms with van der Waals surface area (Å²) in [7, 11) is -3.95. The Morgan fingerprint density at radius 3 is 2.59 bits per heavy atom. The molecule has 1 saturated heterocycles. The third-order valence-corrected chi connectivity index (χ3v) is 6.30. The van der Waals surface area contributed by atoms with E-state index in [9.17, 15) is 18.0 Å². The monoisotopic (exact) mass is 460 g/mol. The molecule has 0 unspecified atom stereocenters. The van der Waals surface area contributed by atoms with Crippen molar-refractivity contribution in [1.29, 1.82) is 0 Å². The summed E-state index contributed by atoms with van der Waals surface area (Å²) in [5, 5.41) is 7.43. The van der Waals surface area contributed by atoms with Crippen molar-refractivity contribution in [2.45, 2.75) is 37.8 Å². The van der Waals surface area contributed by atoms with Crippen molar-refractivity contribution in [3.63, 3.8) is 0 Å². The summed E-state index contributed by atoms with van der Waals surface area (Å²) in [6, 6.07) is 2.54. The first-order chi connectivity index (χ1) is 15.2. The van der Waals surface area contributed by atoms with Gasteiger partial charge in [0.2, 0.25) is 5.71 Å². The molecule has 1 amide bonds. The highest BCUT2D eigenvalue weighted by Crippen LogP contribution is 2.22. The molecule has 3 N–H and O–H groups in total. The molecular formula is C20H24N6O5S. The minimum Gasteiger partial charge on any atom is -0.442 e. The van der Waals surface area contributed by atoms with Crippen LogP contribution in [-0.2, 0) is 16.6 Å². The van der Waals surface area contributed by atoms with E-state index in [1.165, 1.54) is 35.6 Å². The Morgan fingerprint density at radius 2 is 1.94 bits per heavy atom. The van der Waals surface area contributed by atoms with Crippen LogP contribution in [0.2, 0.25) is 0 Å². The van der Waals surface area contributed by atoms with Crippen molar-refractivity contribution in [3.8, 4) is 0 Å². The number of rotatable bonds is 6. The number of anilines is 1. The summed E-state index contributed by atoms with van der Waals surface area (Å²) >= 11 is 0. The van der Waals surface area contributed by atoms with Gasteiger partial charge in [0, 0.05) is 13.1 Å². The zero-order valence-corrected chi connectivity index (χ0v) is 18.4. The maximum Gasteiger partial charge on any atom is 0.265 e. The number of amides is 1. The molecule has 1 fully saturated rings. The third kappa shape index (κ3) is 4.56. The molecule has 3 aromatic heterocycles. The Labute approximate surface area is 184 Å². The minimum absolute atomic E-state index is 0.0837. The van der Waals surface area contributed by atoms with E-state index in [1.54, 1.807) is 6.92 Å². The Kier molecular flexibility index (Phi) is 6.09. The number of hydrogen-bond donors (Lipinski definition) is 2. The summed E-state index contributed by atoms with van der Waals surface area (Å²) in [4.78, 5) is 36.3. The van der Waals surface area contributed by atoms with E-state index >= 15 is 0 Å². The van der Waals surface area contributed by atoms with Gasteiger partial charge in [0.1, 0.15) is 17.5 Å². The van der Waals surface area contributed by atoms with Gasteiger partial charge in [0.15, 0.2) is 5.03 Å². The van der Waals surface area contributed by atoms with Gasteiger partial charge < -0.3 is 14.6 Å². The number of primary sulfonamides is 1. The predicted octanol–water partition coefficient (Wildman–Crippen LogP) is 1.08. The van der Waals surface area contributed by atoms with Gasteiger partial charge in [-0.1, -0.05) is 6.42 Å². The molecule has 0 saturated carbocycles.